The summed E-state index contributed by atoms with van der Waals surface area (Å²) < 4.78 is 0. The van der Waals surface area contributed by atoms with Crippen molar-refractivity contribution >= 4 is 0 Å². The zero-order chi connectivity index (χ0) is 11.8. The van der Waals surface area contributed by atoms with E-state index < -0.39 is 0 Å². The molecule has 0 aromatic carbocycles. The molecule has 0 spiro atoms. The van der Waals surface area contributed by atoms with Gasteiger partial charge in [-0.15, -0.1) is 0 Å². The van der Waals surface area contributed by atoms with Gasteiger partial charge in [0, 0.05) is 19.1 Å². The van der Waals surface area contributed by atoms with Crippen molar-refractivity contribution in [1.29, 1.82) is 0 Å². The molecule has 1 atom stereocenters. The molecule has 2 nitrogen and oxygen atoms in total. The van der Waals surface area contributed by atoms with E-state index >= 15 is 0 Å². The first-order valence-electron chi connectivity index (χ1n) is 6.89. The molecule has 1 heterocycles. The number of rotatable bonds is 7. The Hall–Kier alpha value is -0.340. The van der Waals surface area contributed by atoms with Gasteiger partial charge >= 0.3 is 0 Å². The third-order valence-electron chi connectivity index (χ3n) is 3.45. The second-order valence-corrected chi connectivity index (χ2v) is 4.96. The van der Waals surface area contributed by atoms with Crippen molar-refractivity contribution in [1.82, 2.24) is 10.2 Å². The van der Waals surface area contributed by atoms with Gasteiger partial charge in [-0.05, 0) is 44.3 Å². The molecule has 0 amide bonds. The summed E-state index contributed by atoms with van der Waals surface area (Å²) in [4.78, 5) is 2.62. The lowest BCUT2D eigenvalue weighted by Gasteiger charge is -2.35. The average molecular weight is 224 g/mol. The van der Waals surface area contributed by atoms with Crippen molar-refractivity contribution in [2.75, 3.05) is 26.2 Å². The van der Waals surface area contributed by atoms with E-state index in [0.29, 0.717) is 0 Å². The van der Waals surface area contributed by atoms with Gasteiger partial charge in [-0.25, -0.2) is 0 Å². The molecule has 1 saturated heterocycles. The molecule has 0 aromatic heterocycles. The molecule has 2 heteroatoms. The second-order valence-electron chi connectivity index (χ2n) is 4.96. The highest BCUT2D eigenvalue weighted by Crippen LogP contribution is 2.19. The van der Waals surface area contributed by atoms with E-state index in [4.69, 9.17) is 0 Å². The van der Waals surface area contributed by atoms with Gasteiger partial charge in [-0.1, -0.05) is 26.8 Å². The second kappa shape index (κ2) is 7.86. The van der Waals surface area contributed by atoms with Crippen LogP contribution < -0.4 is 5.32 Å². The van der Waals surface area contributed by atoms with E-state index in [2.05, 4.69) is 30.6 Å². The van der Waals surface area contributed by atoms with Crippen LogP contribution in [0.1, 0.15) is 46.0 Å². The van der Waals surface area contributed by atoms with Crippen LogP contribution in [0.5, 0.6) is 0 Å². The van der Waals surface area contributed by atoms with Gasteiger partial charge in [0.2, 0.25) is 0 Å². The van der Waals surface area contributed by atoms with Crippen molar-refractivity contribution in [3.05, 3.63) is 12.2 Å². The highest BCUT2D eigenvalue weighted by Gasteiger charge is 2.20. The van der Waals surface area contributed by atoms with Gasteiger partial charge in [0.1, 0.15) is 0 Å². The Balaban J connectivity index is 2.25. The van der Waals surface area contributed by atoms with Crippen molar-refractivity contribution in [3.63, 3.8) is 0 Å². The van der Waals surface area contributed by atoms with E-state index in [-0.39, 0.29) is 0 Å². The SMILES string of the molecule is C=C(CNCCC)CN1CCCCC1CC. The van der Waals surface area contributed by atoms with Gasteiger partial charge in [-0.2, -0.15) is 0 Å². The van der Waals surface area contributed by atoms with Crippen molar-refractivity contribution in [3.8, 4) is 0 Å². The summed E-state index contributed by atoms with van der Waals surface area (Å²) in [5.74, 6) is 0. The van der Waals surface area contributed by atoms with Gasteiger partial charge in [0.15, 0.2) is 0 Å². The van der Waals surface area contributed by atoms with Crippen LogP contribution in [0.4, 0.5) is 0 Å². The fraction of sp³-hybridized carbons (Fsp3) is 0.857. The fourth-order valence-electron chi connectivity index (χ4n) is 2.52. The minimum atomic E-state index is 0.802. The fourth-order valence-corrected chi connectivity index (χ4v) is 2.52. The average Bonchev–Trinajstić information content (AvgIpc) is 2.30. The molecular weight excluding hydrogens is 196 g/mol. The zero-order valence-corrected chi connectivity index (χ0v) is 11.1. The minimum absolute atomic E-state index is 0.802. The molecular formula is C14H28N2. The molecule has 0 saturated carbocycles. The molecule has 1 aliphatic heterocycles. The lowest BCUT2D eigenvalue weighted by atomic mass is 9.99. The first-order chi connectivity index (χ1) is 7.77. The molecule has 1 aliphatic rings. The van der Waals surface area contributed by atoms with Gasteiger partial charge in [-0.3, -0.25) is 4.90 Å². The first kappa shape index (κ1) is 13.7. The van der Waals surface area contributed by atoms with E-state index in [1.54, 1.807) is 0 Å². The van der Waals surface area contributed by atoms with E-state index in [0.717, 1.165) is 25.7 Å². The van der Waals surface area contributed by atoms with E-state index in [9.17, 15) is 0 Å². The maximum absolute atomic E-state index is 4.19. The normalized spacial score (nSPS) is 22.2. The Morgan fingerprint density at radius 2 is 2.19 bits per heavy atom. The highest BCUT2D eigenvalue weighted by atomic mass is 15.2. The summed E-state index contributed by atoms with van der Waals surface area (Å²) in [6.07, 6.45) is 6.65. The standard InChI is InChI=1S/C14H28N2/c1-4-9-15-11-13(3)12-16-10-7-6-8-14(16)5-2/h14-15H,3-12H2,1-2H3. The number of nitrogens with zero attached hydrogens (tertiary/aromatic N) is 1. The van der Waals surface area contributed by atoms with Crippen molar-refractivity contribution in [2.45, 2.75) is 52.0 Å². The maximum Gasteiger partial charge on any atom is 0.0205 e. The predicted octanol–water partition coefficient (Wildman–Crippen LogP) is 2.81. The molecule has 16 heavy (non-hydrogen) atoms. The number of hydrogen-bond acceptors (Lipinski definition) is 2. The summed E-state index contributed by atoms with van der Waals surface area (Å²) in [6, 6.07) is 0.802. The van der Waals surface area contributed by atoms with E-state index in [1.165, 1.54) is 44.2 Å². The minimum Gasteiger partial charge on any atom is -0.313 e. The molecule has 94 valence electrons. The Morgan fingerprint density at radius 1 is 1.38 bits per heavy atom. The van der Waals surface area contributed by atoms with Gasteiger partial charge in [0.05, 0.1) is 0 Å². The molecule has 0 aliphatic carbocycles. The third kappa shape index (κ3) is 4.67. The number of likely N-dealkylation sites (tertiary alicyclic amines) is 1. The van der Waals surface area contributed by atoms with Crippen LogP contribution >= 0.6 is 0 Å². The Morgan fingerprint density at radius 3 is 2.88 bits per heavy atom. The Kier molecular flexibility index (Phi) is 6.74. The molecule has 1 rings (SSSR count). The van der Waals surface area contributed by atoms with Crippen molar-refractivity contribution in [2.24, 2.45) is 0 Å². The lowest BCUT2D eigenvalue weighted by Crippen LogP contribution is -2.41. The summed E-state index contributed by atoms with van der Waals surface area (Å²) in [6.45, 7) is 13.1. The van der Waals surface area contributed by atoms with Crippen molar-refractivity contribution < 1.29 is 0 Å². The Labute approximate surface area is 101 Å². The Bertz CT molecular complexity index is 201. The molecule has 0 aromatic rings. The van der Waals surface area contributed by atoms with Crippen LogP contribution in [-0.2, 0) is 0 Å². The van der Waals surface area contributed by atoms with Crippen LogP contribution in [0.15, 0.2) is 12.2 Å². The quantitative estimate of drug-likeness (QED) is 0.528. The predicted molar refractivity (Wildman–Crippen MR) is 71.8 cm³/mol. The third-order valence-corrected chi connectivity index (χ3v) is 3.45. The highest BCUT2D eigenvalue weighted by molar-refractivity contribution is 5.01. The number of piperidine rings is 1. The summed E-state index contributed by atoms with van der Waals surface area (Å²) >= 11 is 0. The smallest absolute Gasteiger partial charge is 0.0205 e. The molecule has 0 radical (unpaired) electrons. The van der Waals surface area contributed by atoms with Gasteiger partial charge < -0.3 is 5.32 Å². The monoisotopic (exact) mass is 224 g/mol. The molecule has 1 N–H and O–H groups in total. The number of nitrogens with one attached hydrogen (secondary N) is 1. The summed E-state index contributed by atoms with van der Waals surface area (Å²) in [5.41, 5.74) is 1.34. The van der Waals surface area contributed by atoms with E-state index in [1.807, 2.05) is 0 Å². The molecule has 0 bridgehead atoms. The topological polar surface area (TPSA) is 15.3 Å². The zero-order valence-electron chi connectivity index (χ0n) is 11.1. The largest absolute Gasteiger partial charge is 0.313 e. The van der Waals surface area contributed by atoms with Crippen LogP contribution in [0.25, 0.3) is 0 Å². The van der Waals surface area contributed by atoms with Crippen LogP contribution in [0, 0.1) is 0 Å². The van der Waals surface area contributed by atoms with Gasteiger partial charge in [0.25, 0.3) is 0 Å². The number of hydrogen-bond donors (Lipinski definition) is 1. The molecule has 1 unspecified atom stereocenters. The van der Waals surface area contributed by atoms with Crippen LogP contribution in [0.2, 0.25) is 0 Å². The van der Waals surface area contributed by atoms with Crippen LogP contribution in [0.3, 0.4) is 0 Å². The summed E-state index contributed by atoms with van der Waals surface area (Å²) in [5, 5.41) is 3.43. The summed E-state index contributed by atoms with van der Waals surface area (Å²) in [7, 11) is 0. The lowest BCUT2D eigenvalue weighted by molar-refractivity contribution is 0.156. The maximum atomic E-state index is 4.19. The first-order valence-corrected chi connectivity index (χ1v) is 6.89. The molecule has 1 fully saturated rings. The van der Waals surface area contributed by atoms with Crippen LogP contribution in [-0.4, -0.2) is 37.1 Å².